The minimum Gasteiger partial charge on any atom is -0.481 e. The summed E-state index contributed by atoms with van der Waals surface area (Å²) in [4.78, 5) is 20.4. The number of hydrogen-bond donors (Lipinski definition) is 1. The number of rotatable bonds is 4. The molecule has 4 atom stereocenters. The van der Waals surface area contributed by atoms with Gasteiger partial charge in [-0.3, -0.25) is 4.79 Å². The third-order valence-electron chi connectivity index (χ3n) is 6.05. The number of hydrogen-bond acceptors (Lipinski definition) is 5. The maximum absolute atomic E-state index is 10.9. The lowest BCUT2D eigenvalue weighted by Gasteiger charge is -2.40. The fourth-order valence-corrected chi connectivity index (χ4v) is 4.45. The molecule has 7 nitrogen and oxygen atoms in total. The van der Waals surface area contributed by atoms with Crippen LogP contribution in [-0.4, -0.2) is 51.4 Å². The van der Waals surface area contributed by atoms with Crippen molar-refractivity contribution in [2.45, 2.75) is 25.8 Å². The van der Waals surface area contributed by atoms with E-state index in [-0.39, 0.29) is 0 Å². The molecule has 0 bridgehead atoms. The van der Waals surface area contributed by atoms with E-state index >= 15 is 0 Å². The second kappa shape index (κ2) is 4.84. The molecule has 2 aromatic heterocycles. The van der Waals surface area contributed by atoms with Crippen molar-refractivity contribution >= 4 is 23.3 Å². The first kappa shape index (κ1) is 14.1. The van der Waals surface area contributed by atoms with Gasteiger partial charge in [-0.1, -0.05) is 0 Å². The van der Waals surface area contributed by atoms with Crippen LogP contribution in [0, 0.1) is 17.8 Å². The molecule has 24 heavy (non-hydrogen) atoms. The van der Waals surface area contributed by atoms with Gasteiger partial charge in [-0.25, -0.2) is 4.98 Å². The van der Waals surface area contributed by atoms with E-state index in [1.54, 1.807) is 6.20 Å². The van der Waals surface area contributed by atoms with Crippen molar-refractivity contribution in [2.75, 3.05) is 29.4 Å². The van der Waals surface area contributed by atoms with Crippen LogP contribution in [0.15, 0.2) is 18.3 Å². The van der Waals surface area contributed by atoms with Gasteiger partial charge >= 0.3 is 5.97 Å². The molecule has 1 unspecified atom stereocenters. The molecule has 0 amide bonds. The van der Waals surface area contributed by atoms with Crippen molar-refractivity contribution in [1.29, 1.82) is 0 Å². The van der Waals surface area contributed by atoms with E-state index in [1.807, 2.05) is 10.6 Å². The number of anilines is 2. The van der Waals surface area contributed by atoms with Crippen LogP contribution < -0.4 is 9.80 Å². The van der Waals surface area contributed by atoms with Crippen molar-refractivity contribution < 1.29 is 9.90 Å². The Kier molecular flexibility index (Phi) is 2.84. The molecule has 4 heterocycles. The number of fused-ring (bicyclic) bond motifs is 2. The minimum absolute atomic E-state index is 0.313. The molecule has 5 rings (SSSR count). The van der Waals surface area contributed by atoms with Crippen LogP contribution in [0.25, 0.3) is 5.65 Å². The fourth-order valence-electron chi connectivity index (χ4n) is 4.45. The van der Waals surface area contributed by atoms with Gasteiger partial charge in [0.2, 0.25) is 0 Å². The third kappa shape index (κ3) is 2.00. The van der Waals surface area contributed by atoms with Crippen LogP contribution in [0.5, 0.6) is 0 Å². The molecule has 3 fully saturated rings. The standard InChI is InChI=1S/C17H21N5O2/c1-10-3-5-21(10)15-7-16(22-14(19-15)2-4-18-22)20-8-12-11(6-17(23)24)13(12)9-20/h2,4,7,10-13H,3,5-6,8-9H2,1H3,(H,23,24)/t10-,11?,12-,13+/m0/s1. The number of carboxylic acids is 1. The molecular weight excluding hydrogens is 306 g/mol. The van der Waals surface area contributed by atoms with Crippen LogP contribution >= 0.6 is 0 Å². The highest BCUT2D eigenvalue weighted by Gasteiger charge is 2.56. The first-order valence-electron chi connectivity index (χ1n) is 8.70. The number of carboxylic acid groups (broad SMARTS) is 1. The van der Waals surface area contributed by atoms with Gasteiger partial charge in [0.05, 0.1) is 6.20 Å². The van der Waals surface area contributed by atoms with E-state index in [1.165, 1.54) is 6.42 Å². The molecule has 2 aliphatic heterocycles. The number of aliphatic carboxylic acids is 1. The molecule has 2 saturated heterocycles. The lowest BCUT2D eigenvalue weighted by atomic mass is 10.1. The van der Waals surface area contributed by atoms with Gasteiger partial charge in [-0.2, -0.15) is 9.61 Å². The Morgan fingerprint density at radius 1 is 1.38 bits per heavy atom. The van der Waals surface area contributed by atoms with E-state index < -0.39 is 5.97 Å². The largest absolute Gasteiger partial charge is 0.481 e. The summed E-state index contributed by atoms with van der Waals surface area (Å²) in [6, 6.07) is 4.64. The Bertz CT molecular complexity index is 806. The van der Waals surface area contributed by atoms with E-state index in [0.29, 0.717) is 30.2 Å². The number of nitrogens with zero attached hydrogens (tertiary/aromatic N) is 5. The summed E-state index contributed by atoms with van der Waals surface area (Å²) < 4.78 is 1.91. The molecule has 0 spiro atoms. The highest BCUT2D eigenvalue weighted by molar-refractivity contribution is 5.68. The van der Waals surface area contributed by atoms with Gasteiger partial charge in [0.1, 0.15) is 11.6 Å². The van der Waals surface area contributed by atoms with E-state index in [9.17, 15) is 4.79 Å². The highest BCUT2D eigenvalue weighted by atomic mass is 16.4. The molecule has 1 aliphatic carbocycles. The van der Waals surface area contributed by atoms with E-state index in [0.717, 1.165) is 36.9 Å². The average molecular weight is 327 g/mol. The Morgan fingerprint density at radius 2 is 2.17 bits per heavy atom. The summed E-state index contributed by atoms with van der Waals surface area (Å²) in [5, 5.41) is 13.4. The number of aromatic nitrogens is 3. The Hall–Kier alpha value is -2.31. The maximum atomic E-state index is 10.9. The van der Waals surface area contributed by atoms with Gasteiger partial charge < -0.3 is 14.9 Å². The summed E-state index contributed by atoms with van der Waals surface area (Å²) in [5.41, 5.74) is 0.879. The molecule has 0 aromatic carbocycles. The molecule has 2 aromatic rings. The number of carbonyl (C=O) groups is 1. The SMILES string of the molecule is C[C@H]1CCN1c1cc(N2C[C@@H]3C(CC(=O)O)[C@@H]3C2)n2nccc2n1. The fraction of sp³-hybridized carbons (Fsp3) is 0.588. The van der Waals surface area contributed by atoms with Crippen molar-refractivity contribution in [3.8, 4) is 0 Å². The van der Waals surface area contributed by atoms with Gasteiger partial charge in [0, 0.05) is 44.2 Å². The van der Waals surface area contributed by atoms with Crippen LogP contribution in [-0.2, 0) is 4.79 Å². The van der Waals surface area contributed by atoms with Crippen molar-refractivity contribution in [2.24, 2.45) is 17.8 Å². The topological polar surface area (TPSA) is 74.0 Å². The Balaban J connectivity index is 1.43. The first-order valence-corrected chi connectivity index (χ1v) is 8.70. The van der Waals surface area contributed by atoms with Crippen molar-refractivity contribution in [3.05, 3.63) is 18.3 Å². The van der Waals surface area contributed by atoms with Gasteiger partial charge in [-0.05, 0) is 31.1 Å². The molecule has 126 valence electrons. The quantitative estimate of drug-likeness (QED) is 0.917. The average Bonchev–Trinajstić information content (AvgIpc) is 2.97. The van der Waals surface area contributed by atoms with Crippen molar-refractivity contribution in [1.82, 2.24) is 14.6 Å². The molecule has 7 heteroatoms. The molecular formula is C17H21N5O2. The van der Waals surface area contributed by atoms with Gasteiger partial charge in [-0.15, -0.1) is 0 Å². The zero-order valence-corrected chi connectivity index (χ0v) is 13.7. The maximum Gasteiger partial charge on any atom is 0.303 e. The van der Waals surface area contributed by atoms with Crippen LogP contribution in [0.4, 0.5) is 11.6 Å². The smallest absolute Gasteiger partial charge is 0.303 e. The second-order valence-electron chi connectivity index (χ2n) is 7.40. The Labute approximate surface area is 139 Å². The minimum atomic E-state index is -0.673. The predicted molar refractivity (Wildman–Crippen MR) is 89.3 cm³/mol. The second-order valence-corrected chi connectivity index (χ2v) is 7.40. The first-order chi connectivity index (χ1) is 11.6. The number of piperidine rings is 1. The van der Waals surface area contributed by atoms with E-state index in [2.05, 4.69) is 27.9 Å². The van der Waals surface area contributed by atoms with Crippen LogP contribution in [0.3, 0.4) is 0 Å². The molecule has 0 radical (unpaired) electrons. The van der Waals surface area contributed by atoms with Gasteiger partial charge in [0.25, 0.3) is 0 Å². The van der Waals surface area contributed by atoms with Gasteiger partial charge in [0.15, 0.2) is 5.65 Å². The van der Waals surface area contributed by atoms with Crippen molar-refractivity contribution in [3.63, 3.8) is 0 Å². The third-order valence-corrected chi connectivity index (χ3v) is 6.05. The molecule has 3 aliphatic rings. The van der Waals surface area contributed by atoms with Crippen LogP contribution in [0.2, 0.25) is 0 Å². The summed E-state index contributed by atoms with van der Waals surface area (Å²) in [6.45, 7) is 5.14. The monoisotopic (exact) mass is 327 g/mol. The summed E-state index contributed by atoms with van der Waals surface area (Å²) >= 11 is 0. The zero-order valence-electron chi connectivity index (χ0n) is 13.7. The lowest BCUT2D eigenvalue weighted by molar-refractivity contribution is -0.137. The predicted octanol–water partition coefficient (Wildman–Crippen LogP) is 1.48. The van der Waals surface area contributed by atoms with Crippen LogP contribution in [0.1, 0.15) is 19.8 Å². The summed E-state index contributed by atoms with van der Waals surface area (Å²) in [7, 11) is 0. The molecule has 1 saturated carbocycles. The summed E-state index contributed by atoms with van der Waals surface area (Å²) in [5.74, 6) is 2.84. The lowest BCUT2D eigenvalue weighted by Crippen LogP contribution is -2.46. The normalized spacial score (nSPS) is 31.2. The zero-order chi connectivity index (χ0) is 16.4. The Morgan fingerprint density at radius 3 is 2.79 bits per heavy atom. The highest BCUT2D eigenvalue weighted by Crippen LogP contribution is 2.54. The molecule has 1 N–H and O–H groups in total. The summed E-state index contributed by atoms with van der Waals surface area (Å²) in [6.07, 6.45) is 3.32. The van der Waals surface area contributed by atoms with E-state index in [4.69, 9.17) is 10.1 Å².